The predicted octanol–water partition coefficient (Wildman–Crippen LogP) is 7.71. The molecule has 1 N–H and O–H groups in total. The Kier molecular flexibility index (Phi) is 9.59. The molecule has 0 radical (unpaired) electrons. The monoisotopic (exact) mass is 650 g/mol. The van der Waals surface area contributed by atoms with Gasteiger partial charge in [-0.2, -0.15) is 0 Å². The summed E-state index contributed by atoms with van der Waals surface area (Å²) in [7, 11) is 0. The first-order chi connectivity index (χ1) is 23.3. The van der Waals surface area contributed by atoms with Crippen LogP contribution in [0.15, 0.2) is 65.6 Å². The van der Waals surface area contributed by atoms with Crippen LogP contribution in [0.5, 0.6) is 5.75 Å². The Labute approximate surface area is 284 Å². The molecule has 1 saturated heterocycles. The number of carbonyl (C=O) groups is 2. The normalized spacial score (nSPS) is 21.5. The van der Waals surface area contributed by atoms with Crippen molar-refractivity contribution in [1.29, 1.82) is 0 Å². The van der Waals surface area contributed by atoms with E-state index in [0.717, 1.165) is 69.1 Å². The lowest BCUT2D eigenvalue weighted by atomic mass is 9.69. The largest absolute Gasteiger partial charge is 0.487 e. The number of ketones is 1. The summed E-state index contributed by atoms with van der Waals surface area (Å²) < 4.78 is 8.30. The number of aryl methyl sites for hydroxylation is 1. The minimum Gasteiger partial charge on any atom is -0.487 e. The second-order valence-electron chi connectivity index (χ2n) is 14.9. The highest BCUT2D eigenvalue weighted by Crippen LogP contribution is 2.51. The quantitative estimate of drug-likeness (QED) is 0.203. The summed E-state index contributed by atoms with van der Waals surface area (Å²) in [5.74, 6) is 0.864. The van der Waals surface area contributed by atoms with Crippen molar-refractivity contribution in [3.8, 4) is 5.75 Å². The van der Waals surface area contributed by atoms with Gasteiger partial charge in [0.2, 0.25) is 5.91 Å². The third kappa shape index (κ3) is 6.76. The number of ether oxygens (including phenoxy) is 1. The standard InChI is InChI=1S/C41H50N2O5/c1-2-28-15-18-38-34(23-28)30(26-41(48-38)19-9-20-41)16-17-36(44)31(22-29-10-4-3-5-11-29)25-37(45)32-24-35(42-21-8-14-39(42)46)40(47)43(27-32)33-12-6-7-13-33/h3-5,10-11,15,18,23-24,27,30-31,33,36,44H,2,6-9,12-14,16-17,19-22,25-26H2,1H3/t30-,31+,36+/m0/s1. The Morgan fingerprint density at radius 2 is 1.79 bits per heavy atom. The lowest BCUT2D eigenvalue weighted by Crippen LogP contribution is -2.47. The zero-order valence-electron chi connectivity index (χ0n) is 28.4. The third-order valence-electron chi connectivity index (χ3n) is 11.7. The second-order valence-corrected chi connectivity index (χ2v) is 14.9. The van der Waals surface area contributed by atoms with Gasteiger partial charge in [0.25, 0.3) is 5.56 Å². The molecule has 1 amide bonds. The molecule has 3 atom stereocenters. The van der Waals surface area contributed by atoms with Gasteiger partial charge in [-0.05, 0) is 111 Å². The molecule has 2 saturated carbocycles. The number of rotatable bonds is 12. The van der Waals surface area contributed by atoms with Gasteiger partial charge in [-0.15, -0.1) is 0 Å². The smallest absolute Gasteiger partial charge is 0.274 e. The van der Waals surface area contributed by atoms with E-state index in [1.807, 2.05) is 18.2 Å². The van der Waals surface area contributed by atoms with Crippen LogP contribution in [0.2, 0.25) is 0 Å². The van der Waals surface area contributed by atoms with E-state index in [9.17, 15) is 19.5 Å². The Morgan fingerprint density at radius 3 is 2.48 bits per heavy atom. The topological polar surface area (TPSA) is 88.8 Å². The summed E-state index contributed by atoms with van der Waals surface area (Å²) >= 11 is 0. The van der Waals surface area contributed by atoms with Crippen LogP contribution in [-0.2, 0) is 17.6 Å². The molecule has 0 unspecified atom stereocenters. The number of nitrogens with zero attached hydrogens (tertiary/aromatic N) is 2. The molecule has 3 fully saturated rings. The van der Waals surface area contributed by atoms with Crippen LogP contribution in [-0.4, -0.2) is 39.6 Å². The molecular weight excluding hydrogens is 600 g/mol. The number of aromatic nitrogens is 1. The highest BCUT2D eigenvalue weighted by atomic mass is 16.5. The fourth-order valence-electron chi connectivity index (χ4n) is 8.71. The Hall–Kier alpha value is -3.71. The van der Waals surface area contributed by atoms with Crippen LogP contribution >= 0.6 is 0 Å². The van der Waals surface area contributed by atoms with Gasteiger partial charge < -0.3 is 19.3 Å². The fourth-order valence-corrected chi connectivity index (χ4v) is 8.71. The third-order valence-corrected chi connectivity index (χ3v) is 11.7. The van der Waals surface area contributed by atoms with Gasteiger partial charge in [0.05, 0.1) is 6.10 Å². The average molecular weight is 651 g/mol. The summed E-state index contributed by atoms with van der Waals surface area (Å²) in [5.41, 5.74) is 4.17. The molecule has 7 heteroatoms. The molecule has 48 heavy (non-hydrogen) atoms. The second kappa shape index (κ2) is 14.0. The van der Waals surface area contributed by atoms with Crippen molar-refractivity contribution in [3.05, 3.63) is 93.4 Å². The first-order valence-corrected chi connectivity index (χ1v) is 18.5. The first-order valence-electron chi connectivity index (χ1n) is 18.5. The zero-order chi connectivity index (χ0) is 33.3. The van der Waals surface area contributed by atoms with Crippen LogP contribution in [0, 0.1) is 5.92 Å². The summed E-state index contributed by atoms with van der Waals surface area (Å²) in [6.07, 6.45) is 13.6. The van der Waals surface area contributed by atoms with Crippen LogP contribution in [0.1, 0.15) is 129 Å². The molecule has 3 heterocycles. The Morgan fingerprint density at radius 1 is 1.00 bits per heavy atom. The van der Waals surface area contributed by atoms with Crippen LogP contribution < -0.4 is 15.2 Å². The SMILES string of the molecule is CCc1ccc2c(c1)[C@@H](CC[C@@H](O)[C@@H](CC(=O)c1cc(N3CCCC3=O)c(=O)n(C3CCCC3)c1)Cc1ccccc1)CC1(CCC1)O2. The number of amides is 1. The molecule has 3 aromatic rings. The minimum absolute atomic E-state index is 0.0435. The number of fused-ring (bicyclic) bond motifs is 1. The number of benzene rings is 2. The maximum atomic E-state index is 14.2. The predicted molar refractivity (Wildman–Crippen MR) is 188 cm³/mol. The number of Topliss-reactive ketones (excluding diaryl/α,β-unsaturated/α-hetero) is 1. The molecule has 1 spiro atoms. The van der Waals surface area contributed by atoms with E-state index >= 15 is 0 Å². The van der Waals surface area contributed by atoms with Gasteiger partial charge in [0, 0.05) is 37.2 Å². The van der Waals surface area contributed by atoms with E-state index in [4.69, 9.17) is 4.74 Å². The molecule has 254 valence electrons. The van der Waals surface area contributed by atoms with Crippen LogP contribution in [0.25, 0.3) is 0 Å². The first kappa shape index (κ1) is 32.8. The van der Waals surface area contributed by atoms with Crippen molar-refractivity contribution < 1.29 is 19.4 Å². The van der Waals surface area contributed by atoms with Gasteiger partial charge >= 0.3 is 0 Å². The molecule has 7 nitrogen and oxygen atoms in total. The molecule has 1 aromatic heterocycles. The molecule has 7 rings (SSSR count). The molecule has 4 aliphatic rings. The zero-order valence-corrected chi connectivity index (χ0v) is 28.4. The number of hydrogen-bond donors (Lipinski definition) is 1. The lowest BCUT2D eigenvalue weighted by Gasteiger charge is -2.48. The Balaban J connectivity index is 1.14. The van der Waals surface area contributed by atoms with E-state index in [2.05, 4.69) is 37.3 Å². The molecule has 2 aliphatic heterocycles. The fraction of sp³-hybridized carbons (Fsp3) is 0.537. The van der Waals surface area contributed by atoms with Gasteiger partial charge in [-0.1, -0.05) is 62.2 Å². The van der Waals surface area contributed by atoms with Crippen molar-refractivity contribution in [3.63, 3.8) is 0 Å². The van der Waals surface area contributed by atoms with Crippen molar-refractivity contribution >= 4 is 17.4 Å². The molecule has 0 bridgehead atoms. The van der Waals surface area contributed by atoms with Gasteiger partial charge in [0.1, 0.15) is 17.0 Å². The summed E-state index contributed by atoms with van der Waals surface area (Å²) in [5, 5.41) is 11.9. The van der Waals surface area contributed by atoms with E-state index in [-0.39, 0.29) is 41.2 Å². The van der Waals surface area contributed by atoms with Gasteiger partial charge in [-0.25, -0.2) is 0 Å². The van der Waals surface area contributed by atoms with Gasteiger partial charge in [0.15, 0.2) is 5.78 Å². The number of aliphatic hydroxyl groups excluding tert-OH is 1. The van der Waals surface area contributed by atoms with Crippen molar-refractivity contribution in [2.75, 3.05) is 11.4 Å². The number of carbonyl (C=O) groups excluding carboxylic acids is 2. The van der Waals surface area contributed by atoms with E-state index < -0.39 is 6.10 Å². The molecule has 2 aromatic carbocycles. The van der Waals surface area contributed by atoms with Crippen LogP contribution in [0.4, 0.5) is 5.69 Å². The van der Waals surface area contributed by atoms with E-state index in [0.29, 0.717) is 49.4 Å². The van der Waals surface area contributed by atoms with Crippen molar-refractivity contribution in [2.45, 2.75) is 127 Å². The number of anilines is 1. The highest BCUT2D eigenvalue weighted by Gasteiger charge is 2.45. The number of hydrogen-bond acceptors (Lipinski definition) is 5. The number of aliphatic hydroxyl groups is 1. The van der Waals surface area contributed by atoms with E-state index in [1.54, 1.807) is 21.7 Å². The number of pyridine rings is 1. The maximum Gasteiger partial charge on any atom is 0.274 e. The maximum absolute atomic E-state index is 14.2. The summed E-state index contributed by atoms with van der Waals surface area (Å²) in [6.45, 7) is 2.68. The molecule has 2 aliphatic carbocycles. The highest BCUT2D eigenvalue weighted by molar-refractivity contribution is 5.99. The molecular formula is C41H50N2O5. The van der Waals surface area contributed by atoms with E-state index in [1.165, 1.54) is 17.5 Å². The Bertz CT molecular complexity index is 1690. The minimum atomic E-state index is -0.674. The van der Waals surface area contributed by atoms with Crippen molar-refractivity contribution in [1.82, 2.24) is 4.57 Å². The van der Waals surface area contributed by atoms with Crippen molar-refractivity contribution in [2.24, 2.45) is 5.92 Å². The summed E-state index contributed by atoms with van der Waals surface area (Å²) in [4.78, 5) is 42.2. The lowest BCUT2D eigenvalue weighted by molar-refractivity contribution is -0.117. The van der Waals surface area contributed by atoms with Gasteiger partial charge in [-0.3, -0.25) is 14.4 Å². The average Bonchev–Trinajstić information content (AvgIpc) is 3.78. The summed E-state index contributed by atoms with van der Waals surface area (Å²) in [6, 6.07) is 18.4. The van der Waals surface area contributed by atoms with Crippen LogP contribution in [0.3, 0.4) is 0 Å².